The molecule has 2 N–H and O–H groups in total. The first-order valence-corrected chi connectivity index (χ1v) is 7.63. The molecule has 0 spiro atoms. The zero-order valence-electron chi connectivity index (χ0n) is 10.3. The van der Waals surface area contributed by atoms with Gasteiger partial charge in [0.25, 0.3) is 0 Å². The summed E-state index contributed by atoms with van der Waals surface area (Å²) in [6, 6.07) is 6.00. The molecule has 1 aliphatic carbocycles. The molecule has 18 heavy (non-hydrogen) atoms. The molecule has 0 heterocycles. The van der Waals surface area contributed by atoms with Crippen LogP contribution < -0.4 is 5.32 Å². The lowest BCUT2D eigenvalue weighted by Gasteiger charge is -2.17. The predicted molar refractivity (Wildman–Crippen MR) is 78.8 cm³/mol. The number of aliphatic hydroxyl groups excluding tert-OH is 1. The highest BCUT2D eigenvalue weighted by Crippen LogP contribution is 2.30. The Morgan fingerprint density at radius 3 is 2.83 bits per heavy atom. The molecule has 1 aromatic rings. The van der Waals surface area contributed by atoms with Crippen molar-refractivity contribution in [2.75, 3.05) is 13.2 Å². The second-order valence-electron chi connectivity index (χ2n) is 5.01. The number of aliphatic hydroxyl groups is 1. The van der Waals surface area contributed by atoms with Gasteiger partial charge in [-0.2, -0.15) is 0 Å². The van der Waals surface area contributed by atoms with E-state index in [1.165, 1.54) is 24.8 Å². The van der Waals surface area contributed by atoms with Crippen LogP contribution in [0.15, 0.2) is 22.7 Å². The monoisotopic (exact) mass is 331 g/mol. The van der Waals surface area contributed by atoms with Gasteiger partial charge < -0.3 is 10.4 Å². The number of hydrogen-bond acceptors (Lipinski definition) is 2. The minimum Gasteiger partial charge on any atom is -0.396 e. The Kier molecular flexibility index (Phi) is 5.49. The number of rotatable bonds is 5. The third-order valence-electron chi connectivity index (χ3n) is 3.77. The summed E-state index contributed by atoms with van der Waals surface area (Å²) in [4.78, 5) is 0. The van der Waals surface area contributed by atoms with Gasteiger partial charge in [-0.3, -0.25) is 0 Å². The van der Waals surface area contributed by atoms with Crippen LogP contribution in [0, 0.1) is 11.8 Å². The van der Waals surface area contributed by atoms with Crippen LogP contribution in [-0.4, -0.2) is 18.3 Å². The molecule has 1 saturated carbocycles. The molecule has 100 valence electrons. The Balaban J connectivity index is 1.79. The van der Waals surface area contributed by atoms with Crippen LogP contribution >= 0.6 is 27.5 Å². The van der Waals surface area contributed by atoms with E-state index in [1.54, 1.807) is 0 Å². The summed E-state index contributed by atoms with van der Waals surface area (Å²) >= 11 is 9.39. The molecule has 2 atom stereocenters. The molecular formula is C14H19BrClNO. The molecular weight excluding hydrogens is 314 g/mol. The van der Waals surface area contributed by atoms with E-state index in [1.807, 2.05) is 18.2 Å². The van der Waals surface area contributed by atoms with Crippen LogP contribution in [0.1, 0.15) is 24.8 Å². The molecule has 0 saturated heterocycles. The van der Waals surface area contributed by atoms with Crippen molar-refractivity contribution in [2.45, 2.75) is 25.8 Å². The second-order valence-corrected chi connectivity index (χ2v) is 6.27. The maximum absolute atomic E-state index is 9.27. The quantitative estimate of drug-likeness (QED) is 0.863. The van der Waals surface area contributed by atoms with E-state index in [0.29, 0.717) is 18.4 Å². The van der Waals surface area contributed by atoms with Crippen LogP contribution in [0.25, 0.3) is 0 Å². The first-order valence-electron chi connectivity index (χ1n) is 6.46. The van der Waals surface area contributed by atoms with Gasteiger partial charge in [-0.25, -0.2) is 0 Å². The smallest absolute Gasteiger partial charge is 0.0548 e. The summed E-state index contributed by atoms with van der Waals surface area (Å²) < 4.78 is 0.942. The lowest BCUT2D eigenvalue weighted by molar-refractivity contribution is 0.192. The minimum atomic E-state index is 0.332. The first kappa shape index (κ1) is 14.3. The van der Waals surface area contributed by atoms with Crippen molar-refractivity contribution >= 4 is 27.5 Å². The Morgan fingerprint density at radius 2 is 2.11 bits per heavy atom. The van der Waals surface area contributed by atoms with Crippen molar-refractivity contribution in [2.24, 2.45) is 11.8 Å². The summed E-state index contributed by atoms with van der Waals surface area (Å²) in [5, 5.41) is 13.5. The van der Waals surface area contributed by atoms with Gasteiger partial charge in [-0.05, 0) is 64.8 Å². The predicted octanol–water partition coefficient (Wildman–Crippen LogP) is 3.60. The fourth-order valence-corrected chi connectivity index (χ4v) is 3.22. The van der Waals surface area contributed by atoms with Crippen molar-refractivity contribution < 1.29 is 5.11 Å². The molecule has 0 aliphatic heterocycles. The van der Waals surface area contributed by atoms with Crippen molar-refractivity contribution in [1.82, 2.24) is 5.32 Å². The largest absolute Gasteiger partial charge is 0.396 e. The molecule has 2 nitrogen and oxygen atoms in total. The van der Waals surface area contributed by atoms with E-state index >= 15 is 0 Å². The van der Waals surface area contributed by atoms with Gasteiger partial charge in [-0.1, -0.05) is 24.1 Å². The van der Waals surface area contributed by atoms with E-state index in [9.17, 15) is 5.11 Å². The molecule has 1 fully saturated rings. The van der Waals surface area contributed by atoms with Gasteiger partial charge in [-0.15, -0.1) is 0 Å². The van der Waals surface area contributed by atoms with Gasteiger partial charge in [0.05, 0.1) is 5.02 Å². The van der Waals surface area contributed by atoms with E-state index in [2.05, 4.69) is 21.2 Å². The molecule has 0 aromatic heterocycles. The molecule has 2 rings (SSSR count). The Labute approximate surface area is 122 Å². The number of hydrogen-bond donors (Lipinski definition) is 2. The number of nitrogens with one attached hydrogen (secondary N) is 1. The van der Waals surface area contributed by atoms with Gasteiger partial charge >= 0.3 is 0 Å². The van der Waals surface area contributed by atoms with Crippen molar-refractivity contribution in [1.29, 1.82) is 0 Å². The third-order valence-corrected chi connectivity index (χ3v) is 4.98. The average Bonchev–Trinajstić information content (AvgIpc) is 2.81. The van der Waals surface area contributed by atoms with Crippen LogP contribution in [0.3, 0.4) is 0 Å². The Morgan fingerprint density at radius 1 is 1.33 bits per heavy atom. The van der Waals surface area contributed by atoms with E-state index in [0.717, 1.165) is 22.6 Å². The molecule has 0 amide bonds. The zero-order chi connectivity index (χ0) is 13.0. The van der Waals surface area contributed by atoms with Crippen molar-refractivity contribution in [3.05, 3.63) is 33.3 Å². The highest BCUT2D eigenvalue weighted by atomic mass is 79.9. The normalized spacial score (nSPS) is 23.5. The fraction of sp³-hybridized carbons (Fsp3) is 0.571. The molecule has 0 bridgehead atoms. The topological polar surface area (TPSA) is 32.3 Å². The minimum absolute atomic E-state index is 0.332. The van der Waals surface area contributed by atoms with E-state index in [4.69, 9.17) is 11.6 Å². The van der Waals surface area contributed by atoms with Gasteiger partial charge in [0.2, 0.25) is 0 Å². The maximum Gasteiger partial charge on any atom is 0.0548 e. The van der Waals surface area contributed by atoms with Gasteiger partial charge in [0.1, 0.15) is 0 Å². The van der Waals surface area contributed by atoms with E-state index in [-0.39, 0.29) is 0 Å². The highest BCUT2D eigenvalue weighted by Gasteiger charge is 2.25. The number of halogens is 2. The van der Waals surface area contributed by atoms with Crippen LogP contribution in [0.2, 0.25) is 5.02 Å². The van der Waals surface area contributed by atoms with Crippen LogP contribution in [-0.2, 0) is 6.54 Å². The first-order chi connectivity index (χ1) is 8.70. The van der Waals surface area contributed by atoms with Crippen molar-refractivity contribution in [3.8, 4) is 0 Å². The summed E-state index contributed by atoms with van der Waals surface area (Å²) in [5.41, 5.74) is 1.23. The van der Waals surface area contributed by atoms with Gasteiger partial charge in [0, 0.05) is 17.6 Å². The fourth-order valence-electron chi connectivity index (χ4n) is 2.67. The third kappa shape index (κ3) is 3.70. The SMILES string of the molecule is OCC1CCCC1CNCc1ccc(Cl)c(Br)c1. The molecule has 2 unspecified atom stereocenters. The van der Waals surface area contributed by atoms with E-state index < -0.39 is 0 Å². The molecule has 1 aromatic carbocycles. The molecule has 0 radical (unpaired) electrons. The van der Waals surface area contributed by atoms with Crippen molar-refractivity contribution in [3.63, 3.8) is 0 Å². The lowest BCUT2D eigenvalue weighted by atomic mass is 9.97. The lowest BCUT2D eigenvalue weighted by Crippen LogP contribution is -2.26. The average molecular weight is 333 g/mol. The summed E-state index contributed by atoms with van der Waals surface area (Å²) in [5.74, 6) is 1.13. The van der Waals surface area contributed by atoms with Gasteiger partial charge in [0.15, 0.2) is 0 Å². The maximum atomic E-state index is 9.27. The summed E-state index contributed by atoms with van der Waals surface area (Å²) in [6.07, 6.45) is 3.67. The zero-order valence-corrected chi connectivity index (χ0v) is 12.7. The molecule has 1 aliphatic rings. The summed E-state index contributed by atoms with van der Waals surface area (Å²) in [7, 11) is 0. The highest BCUT2D eigenvalue weighted by molar-refractivity contribution is 9.10. The Hall–Kier alpha value is -0.0900. The number of benzene rings is 1. The molecule has 4 heteroatoms. The standard InChI is InChI=1S/C14H19BrClNO/c15-13-6-10(4-5-14(13)16)7-17-8-11-2-1-3-12(11)9-18/h4-6,11-12,17-18H,1-3,7-9H2. The summed E-state index contributed by atoms with van der Waals surface area (Å²) in [6.45, 7) is 2.18. The van der Waals surface area contributed by atoms with Crippen LogP contribution in [0.5, 0.6) is 0 Å². The van der Waals surface area contributed by atoms with Crippen LogP contribution in [0.4, 0.5) is 0 Å². The Bertz CT molecular complexity index is 399. The second kappa shape index (κ2) is 6.90.